The van der Waals surface area contributed by atoms with Crippen molar-refractivity contribution in [2.24, 2.45) is 0 Å². The normalized spacial score (nSPS) is 10.8. The van der Waals surface area contributed by atoms with E-state index in [2.05, 4.69) is 25.4 Å². The molecule has 2 heterocycles. The predicted molar refractivity (Wildman–Crippen MR) is 82.5 cm³/mol. The summed E-state index contributed by atoms with van der Waals surface area (Å²) in [6.45, 7) is 2.00. The van der Waals surface area contributed by atoms with Gasteiger partial charge in [0.15, 0.2) is 11.0 Å². The lowest BCUT2D eigenvalue weighted by molar-refractivity contribution is -0.133. The summed E-state index contributed by atoms with van der Waals surface area (Å²) in [6.07, 6.45) is 1.77. The van der Waals surface area contributed by atoms with Crippen LogP contribution in [-0.4, -0.2) is 42.2 Å². The fourth-order valence-electron chi connectivity index (χ4n) is 2.06. The highest BCUT2D eigenvalue weighted by Gasteiger charge is 2.10. The molecule has 2 aromatic heterocycles. The number of hydrogen-bond acceptors (Lipinski definition) is 5. The van der Waals surface area contributed by atoms with Crippen LogP contribution in [0, 0.1) is 6.92 Å². The topological polar surface area (TPSA) is 108 Å². The van der Waals surface area contributed by atoms with Crippen molar-refractivity contribution in [1.82, 2.24) is 25.4 Å². The number of carboxylic acid groups (broad SMARTS) is 1. The van der Waals surface area contributed by atoms with E-state index in [1.165, 1.54) is 0 Å². The molecule has 0 aliphatic carbocycles. The maximum absolute atomic E-state index is 10.6. The number of hydrogen-bond donors (Lipinski definition) is 3. The van der Waals surface area contributed by atoms with Crippen LogP contribution >= 0.6 is 11.8 Å². The molecule has 0 saturated carbocycles. The molecule has 0 amide bonds. The van der Waals surface area contributed by atoms with Crippen molar-refractivity contribution >= 4 is 17.7 Å². The monoisotopic (exact) mass is 315 g/mol. The van der Waals surface area contributed by atoms with Gasteiger partial charge in [0.25, 0.3) is 0 Å². The van der Waals surface area contributed by atoms with Crippen molar-refractivity contribution in [3.05, 3.63) is 36.0 Å². The first-order chi connectivity index (χ1) is 10.6. The van der Waals surface area contributed by atoms with Crippen molar-refractivity contribution in [1.29, 1.82) is 0 Å². The SMILES string of the molecule is Cc1cc(-c2cc[nH]n2)cc(-c2nnc(SCC(=O)O)[nH]2)c1. The minimum absolute atomic E-state index is 0.0546. The van der Waals surface area contributed by atoms with E-state index < -0.39 is 5.97 Å². The zero-order chi connectivity index (χ0) is 15.5. The molecule has 0 aliphatic rings. The van der Waals surface area contributed by atoms with Gasteiger partial charge in [0.2, 0.25) is 0 Å². The molecule has 22 heavy (non-hydrogen) atoms. The second-order valence-corrected chi connectivity index (χ2v) is 5.67. The number of rotatable bonds is 5. The minimum atomic E-state index is -0.890. The Morgan fingerprint density at radius 2 is 2.09 bits per heavy atom. The van der Waals surface area contributed by atoms with E-state index in [1.54, 1.807) is 6.20 Å². The quantitative estimate of drug-likeness (QED) is 0.624. The van der Waals surface area contributed by atoms with Gasteiger partial charge in [-0.05, 0) is 36.8 Å². The van der Waals surface area contributed by atoms with E-state index in [-0.39, 0.29) is 5.75 Å². The van der Waals surface area contributed by atoms with Crippen molar-refractivity contribution in [2.45, 2.75) is 12.1 Å². The zero-order valence-electron chi connectivity index (χ0n) is 11.7. The third-order valence-electron chi connectivity index (χ3n) is 2.95. The molecule has 0 radical (unpaired) electrons. The molecule has 3 N–H and O–H groups in total. The predicted octanol–water partition coefficient (Wildman–Crippen LogP) is 2.35. The van der Waals surface area contributed by atoms with Gasteiger partial charge in [0, 0.05) is 17.3 Å². The number of nitrogens with zero attached hydrogens (tertiary/aromatic N) is 3. The number of carboxylic acids is 1. The average molecular weight is 315 g/mol. The Balaban J connectivity index is 1.90. The maximum Gasteiger partial charge on any atom is 0.313 e. The lowest BCUT2D eigenvalue weighted by Crippen LogP contribution is -1.97. The number of benzene rings is 1. The van der Waals surface area contributed by atoms with Crippen LogP contribution < -0.4 is 0 Å². The first kappa shape index (κ1) is 14.3. The Kier molecular flexibility index (Phi) is 3.92. The van der Waals surface area contributed by atoms with Crippen LogP contribution in [-0.2, 0) is 4.79 Å². The first-order valence-electron chi connectivity index (χ1n) is 6.51. The summed E-state index contributed by atoms with van der Waals surface area (Å²) in [6, 6.07) is 7.89. The molecule has 3 aromatic rings. The number of nitrogens with one attached hydrogen (secondary N) is 2. The molecule has 3 rings (SSSR count). The molecule has 7 nitrogen and oxygen atoms in total. The summed E-state index contributed by atoms with van der Waals surface area (Å²) in [7, 11) is 0. The summed E-state index contributed by atoms with van der Waals surface area (Å²) in [5.41, 5.74) is 3.79. The number of aromatic nitrogens is 5. The smallest absolute Gasteiger partial charge is 0.313 e. The van der Waals surface area contributed by atoms with Crippen LogP contribution in [0.4, 0.5) is 0 Å². The Labute approximate surface area is 130 Å². The zero-order valence-corrected chi connectivity index (χ0v) is 12.5. The Hall–Kier alpha value is -2.61. The van der Waals surface area contributed by atoms with Gasteiger partial charge in [-0.25, -0.2) is 0 Å². The Bertz CT molecular complexity index is 797. The highest BCUT2D eigenvalue weighted by Crippen LogP contribution is 2.26. The molecule has 0 bridgehead atoms. The van der Waals surface area contributed by atoms with Crippen LogP contribution in [0.25, 0.3) is 22.6 Å². The molecule has 8 heteroatoms. The summed E-state index contributed by atoms with van der Waals surface area (Å²) < 4.78 is 0. The maximum atomic E-state index is 10.6. The van der Waals surface area contributed by atoms with Crippen LogP contribution in [0.1, 0.15) is 5.56 Å². The highest BCUT2D eigenvalue weighted by atomic mass is 32.2. The third kappa shape index (κ3) is 3.17. The molecule has 0 saturated heterocycles. The summed E-state index contributed by atoms with van der Waals surface area (Å²) in [5.74, 6) is -0.339. The van der Waals surface area contributed by atoms with Crippen molar-refractivity contribution < 1.29 is 9.90 Å². The minimum Gasteiger partial charge on any atom is -0.481 e. The Morgan fingerprint density at radius 3 is 2.82 bits per heavy atom. The number of carbonyl (C=O) groups is 1. The number of aryl methyl sites for hydroxylation is 1. The van der Waals surface area contributed by atoms with Crippen molar-refractivity contribution in [3.8, 4) is 22.6 Å². The highest BCUT2D eigenvalue weighted by molar-refractivity contribution is 7.99. The molecular formula is C14H13N5O2S. The third-order valence-corrected chi connectivity index (χ3v) is 3.79. The van der Waals surface area contributed by atoms with Crippen LogP contribution in [0.2, 0.25) is 0 Å². The first-order valence-corrected chi connectivity index (χ1v) is 7.50. The van der Waals surface area contributed by atoms with Gasteiger partial charge in [-0.15, -0.1) is 10.2 Å². The van der Waals surface area contributed by atoms with Gasteiger partial charge in [-0.3, -0.25) is 9.89 Å². The van der Waals surface area contributed by atoms with Crippen molar-refractivity contribution in [3.63, 3.8) is 0 Å². The summed E-state index contributed by atoms with van der Waals surface area (Å²) >= 11 is 1.10. The van der Waals surface area contributed by atoms with Crippen LogP contribution in [0.15, 0.2) is 35.6 Å². The van der Waals surface area contributed by atoms with E-state index >= 15 is 0 Å². The van der Waals surface area contributed by atoms with Crippen LogP contribution in [0.3, 0.4) is 0 Å². The van der Waals surface area contributed by atoms with Gasteiger partial charge < -0.3 is 10.1 Å². The summed E-state index contributed by atoms with van der Waals surface area (Å²) in [5, 5.41) is 24.2. The van der Waals surface area contributed by atoms with E-state index in [0.717, 1.165) is 34.1 Å². The number of aliphatic carboxylic acids is 1. The van der Waals surface area contributed by atoms with Crippen molar-refractivity contribution in [2.75, 3.05) is 5.75 Å². The molecule has 0 spiro atoms. The van der Waals surface area contributed by atoms with Gasteiger partial charge >= 0.3 is 5.97 Å². The van der Waals surface area contributed by atoms with E-state index in [1.807, 2.05) is 31.2 Å². The average Bonchev–Trinajstić information content (AvgIpc) is 3.16. The fraction of sp³-hybridized carbons (Fsp3) is 0.143. The molecule has 0 atom stereocenters. The largest absolute Gasteiger partial charge is 0.481 e. The number of H-pyrrole nitrogens is 2. The molecule has 0 aliphatic heterocycles. The number of thioether (sulfide) groups is 1. The second-order valence-electron chi connectivity index (χ2n) is 4.71. The lowest BCUT2D eigenvalue weighted by atomic mass is 10.0. The van der Waals surface area contributed by atoms with Gasteiger partial charge in [-0.1, -0.05) is 11.8 Å². The molecule has 0 unspecified atom stereocenters. The lowest BCUT2D eigenvalue weighted by Gasteiger charge is -2.03. The van der Waals surface area contributed by atoms with Gasteiger partial charge in [0.05, 0.1) is 11.4 Å². The second kappa shape index (κ2) is 6.02. The summed E-state index contributed by atoms with van der Waals surface area (Å²) in [4.78, 5) is 13.6. The van der Waals surface area contributed by atoms with E-state index in [0.29, 0.717) is 11.0 Å². The van der Waals surface area contributed by atoms with Gasteiger partial charge in [-0.2, -0.15) is 5.10 Å². The Morgan fingerprint density at radius 1 is 1.27 bits per heavy atom. The van der Waals surface area contributed by atoms with E-state index in [9.17, 15) is 4.79 Å². The standard InChI is InChI=1S/C14H13N5O2S/c1-8-4-9(11-2-3-15-17-11)6-10(5-8)13-16-14(19-18-13)22-7-12(20)21/h2-6H,7H2,1H3,(H,15,17)(H,20,21)(H,16,18,19). The van der Waals surface area contributed by atoms with Gasteiger partial charge in [0.1, 0.15) is 0 Å². The van der Waals surface area contributed by atoms with E-state index in [4.69, 9.17) is 5.11 Å². The molecule has 0 fully saturated rings. The molecule has 1 aromatic carbocycles. The molecular weight excluding hydrogens is 302 g/mol. The van der Waals surface area contributed by atoms with Crippen LogP contribution in [0.5, 0.6) is 0 Å². The molecule has 112 valence electrons. The fourth-order valence-corrected chi connectivity index (χ4v) is 2.59. The number of aromatic amines is 2.